The zero-order chi connectivity index (χ0) is 23.3. The molecule has 0 aromatic heterocycles. The minimum atomic E-state index is -3.82. The molecule has 0 saturated heterocycles. The van der Waals surface area contributed by atoms with Crippen LogP contribution in [0.15, 0.2) is 36.4 Å². The van der Waals surface area contributed by atoms with Crippen LogP contribution in [0.1, 0.15) is 38.7 Å². The number of esters is 2. The standard InChI is InChI=1S/C21H29NO8S/c1-4-28-20(24)19(21(25)29-5-2)22-18(23)15-17(30-31(3,26)27)14-10-9-13-16-11-7-6-8-12-16/h6-9,11-13,17,19H,4-5,10,14-15H2,1-3H3,(H,22,23)/b13-9+. The Balaban J connectivity index is 2.77. The Morgan fingerprint density at radius 2 is 1.61 bits per heavy atom. The van der Waals surface area contributed by atoms with Crippen molar-refractivity contribution in [2.24, 2.45) is 0 Å². The molecule has 1 rings (SSSR count). The fourth-order valence-electron chi connectivity index (χ4n) is 2.59. The van der Waals surface area contributed by atoms with Gasteiger partial charge in [-0.1, -0.05) is 42.5 Å². The van der Waals surface area contributed by atoms with E-state index >= 15 is 0 Å². The number of allylic oxidation sites excluding steroid dienone is 1. The van der Waals surface area contributed by atoms with Crippen LogP contribution in [0, 0.1) is 0 Å². The molecular formula is C21H29NO8S. The van der Waals surface area contributed by atoms with Crippen molar-refractivity contribution >= 4 is 34.0 Å². The molecule has 0 radical (unpaired) electrons. The lowest BCUT2D eigenvalue weighted by Crippen LogP contribution is -2.49. The van der Waals surface area contributed by atoms with Crippen LogP contribution in [0.25, 0.3) is 6.08 Å². The van der Waals surface area contributed by atoms with Gasteiger partial charge in [-0.05, 0) is 32.3 Å². The second-order valence-electron chi connectivity index (χ2n) is 6.52. The van der Waals surface area contributed by atoms with Crippen LogP contribution in [-0.2, 0) is 38.2 Å². The lowest BCUT2D eigenvalue weighted by molar-refractivity contribution is -0.159. The van der Waals surface area contributed by atoms with Gasteiger partial charge in [-0.25, -0.2) is 9.59 Å². The molecule has 1 atom stereocenters. The molecule has 0 heterocycles. The zero-order valence-electron chi connectivity index (χ0n) is 17.9. The largest absolute Gasteiger partial charge is 0.464 e. The Labute approximate surface area is 182 Å². The van der Waals surface area contributed by atoms with E-state index in [1.807, 2.05) is 42.5 Å². The Kier molecular flexibility index (Phi) is 11.5. The summed E-state index contributed by atoms with van der Waals surface area (Å²) in [6, 6.07) is 7.88. The van der Waals surface area contributed by atoms with Crippen molar-refractivity contribution in [3.05, 3.63) is 42.0 Å². The normalized spacial score (nSPS) is 12.5. The molecule has 172 valence electrons. The van der Waals surface area contributed by atoms with E-state index in [0.717, 1.165) is 11.8 Å². The van der Waals surface area contributed by atoms with Gasteiger partial charge in [-0.15, -0.1) is 0 Å². The molecule has 1 aromatic carbocycles. The first kappa shape index (κ1) is 26.3. The number of benzene rings is 1. The number of hydrogen-bond donors (Lipinski definition) is 1. The SMILES string of the molecule is CCOC(=O)C(NC(=O)CC(CC/C=C/c1ccccc1)OS(C)(=O)=O)C(=O)OCC. The highest BCUT2D eigenvalue weighted by molar-refractivity contribution is 7.86. The molecule has 0 saturated carbocycles. The van der Waals surface area contributed by atoms with Crippen LogP contribution in [0.5, 0.6) is 0 Å². The predicted molar refractivity (Wildman–Crippen MR) is 114 cm³/mol. The van der Waals surface area contributed by atoms with Crippen molar-refractivity contribution in [2.75, 3.05) is 19.5 Å². The minimum absolute atomic E-state index is 0.0121. The topological polar surface area (TPSA) is 125 Å². The number of amides is 1. The molecule has 31 heavy (non-hydrogen) atoms. The summed E-state index contributed by atoms with van der Waals surface area (Å²) in [6.07, 6.45) is 3.93. The van der Waals surface area contributed by atoms with Gasteiger partial charge in [0.2, 0.25) is 11.9 Å². The number of carbonyl (C=O) groups excluding carboxylic acids is 3. The lowest BCUT2D eigenvalue weighted by atomic mass is 10.1. The number of hydrogen-bond acceptors (Lipinski definition) is 8. The van der Waals surface area contributed by atoms with E-state index in [9.17, 15) is 22.8 Å². The molecule has 0 bridgehead atoms. The van der Waals surface area contributed by atoms with Gasteiger partial charge in [0.05, 0.1) is 32.0 Å². The van der Waals surface area contributed by atoms with Crippen molar-refractivity contribution in [1.82, 2.24) is 5.32 Å². The minimum Gasteiger partial charge on any atom is -0.464 e. The van der Waals surface area contributed by atoms with Gasteiger partial charge in [0.15, 0.2) is 0 Å². The van der Waals surface area contributed by atoms with E-state index in [1.54, 1.807) is 13.8 Å². The lowest BCUT2D eigenvalue weighted by Gasteiger charge is -2.19. The van der Waals surface area contributed by atoms with Crippen LogP contribution in [-0.4, -0.2) is 57.9 Å². The fourth-order valence-corrected chi connectivity index (χ4v) is 3.25. The highest BCUT2D eigenvalue weighted by Gasteiger charge is 2.32. The second kappa shape index (κ2) is 13.6. The average Bonchev–Trinajstić information content (AvgIpc) is 2.69. The van der Waals surface area contributed by atoms with Crippen molar-refractivity contribution in [2.45, 2.75) is 45.3 Å². The van der Waals surface area contributed by atoms with Gasteiger partial charge in [-0.2, -0.15) is 8.42 Å². The molecule has 0 aliphatic heterocycles. The van der Waals surface area contributed by atoms with E-state index in [-0.39, 0.29) is 26.1 Å². The molecule has 1 unspecified atom stereocenters. The van der Waals surface area contributed by atoms with Crippen LogP contribution >= 0.6 is 0 Å². The van der Waals surface area contributed by atoms with Crippen molar-refractivity contribution in [1.29, 1.82) is 0 Å². The smallest absolute Gasteiger partial charge is 0.340 e. The summed E-state index contributed by atoms with van der Waals surface area (Å²) in [6.45, 7) is 3.14. The van der Waals surface area contributed by atoms with E-state index in [2.05, 4.69) is 5.32 Å². The van der Waals surface area contributed by atoms with E-state index in [0.29, 0.717) is 6.42 Å². The summed E-state index contributed by atoms with van der Waals surface area (Å²) in [5.41, 5.74) is 0.979. The monoisotopic (exact) mass is 455 g/mol. The molecule has 0 spiro atoms. The summed E-state index contributed by atoms with van der Waals surface area (Å²) in [7, 11) is -3.82. The van der Waals surface area contributed by atoms with E-state index < -0.39 is 40.1 Å². The quantitative estimate of drug-likeness (QED) is 0.271. The number of ether oxygens (including phenoxy) is 2. The van der Waals surface area contributed by atoms with Gasteiger partial charge < -0.3 is 14.8 Å². The summed E-state index contributed by atoms with van der Waals surface area (Å²) in [5, 5.41) is 2.24. The average molecular weight is 456 g/mol. The van der Waals surface area contributed by atoms with E-state index in [1.165, 1.54) is 0 Å². The molecular weight excluding hydrogens is 426 g/mol. The Hall–Kier alpha value is -2.72. The number of nitrogens with one attached hydrogen (secondary N) is 1. The third-order valence-corrected chi connectivity index (χ3v) is 4.46. The number of carbonyl (C=O) groups is 3. The van der Waals surface area contributed by atoms with Gasteiger partial charge in [0.25, 0.3) is 10.1 Å². The fraction of sp³-hybridized carbons (Fsp3) is 0.476. The Morgan fingerprint density at radius 3 is 2.13 bits per heavy atom. The molecule has 0 fully saturated rings. The molecule has 1 N–H and O–H groups in total. The summed E-state index contributed by atoms with van der Waals surface area (Å²) in [5.74, 6) is -2.66. The third kappa shape index (κ3) is 11.3. The molecule has 0 aliphatic carbocycles. The second-order valence-corrected chi connectivity index (χ2v) is 8.12. The molecule has 1 amide bonds. The first-order valence-corrected chi connectivity index (χ1v) is 11.7. The van der Waals surface area contributed by atoms with Crippen LogP contribution in [0.4, 0.5) is 0 Å². The molecule has 0 aliphatic rings. The maximum absolute atomic E-state index is 12.4. The van der Waals surface area contributed by atoms with Crippen LogP contribution in [0.3, 0.4) is 0 Å². The Bertz CT molecular complexity index is 833. The zero-order valence-corrected chi connectivity index (χ0v) is 18.7. The van der Waals surface area contributed by atoms with Crippen LogP contribution < -0.4 is 5.32 Å². The third-order valence-electron chi connectivity index (χ3n) is 3.84. The highest BCUT2D eigenvalue weighted by Crippen LogP contribution is 2.13. The molecule has 9 nitrogen and oxygen atoms in total. The van der Waals surface area contributed by atoms with Crippen molar-refractivity contribution < 1.29 is 36.5 Å². The van der Waals surface area contributed by atoms with Crippen molar-refractivity contribution in [3.8, 4) is 0 Å². The molecule has 1 aromatic rings. The first-order chi connectivity index (χ1) is 14.7. The predicted octanol–water partition coefficient (Wildman–Crippen LogP) is 1.83. The summed E-state index contributed by atoms with van der Waals surface area (Å²) in [4.78, 5) is 36.4. The highest BCUT2D eigenvalue weighted by atomic mass is 32.2. The van der Waals surface area contributed by atoms with Gasteiger partial charge in [-0.3, -0.25) is 8.98 Å². The number of rotatable bonds is 13. The van der Waals surface area contributed by atoms with Crippen molar-refractivity contribution in [3.63, 3.8) is 0 Å². The van der Waals surface area contributed by atoms with Gasteiger partial charge in [0.1, 0.15) is 0 Å². The maximum Gasteiger partial charge on any atom is 0.340 e. The first-order valence-electron chi connectivity index (χ1n) is 9.88. The van der Waals surface area contributed by atoms with Crippen LogP contribution in [0.2, 0.25) is 0 Å². The Morgan fingerprint density at radius 1 is 1.03 bits per heavy atom. The maximum atomic E-state index is 12.4. The van der Waals surface area contributed by atoms with E-state index in [4.69, 9.17) is 13.7 Å². The summed E-state index contributed by atoms with van der Waals surface area (Å²) >= 11 is 0. The van der Waals surface area contributed by atoms with Gasteiger partial charge >= 0.3 is 11.9 Å². The summed E-state index contributed by atoms with van der Waals surface area (Å²) < 4.78 is 37.7. The van der Waals surface area contributed by atoms with Gasteiger partial charge in [0, 0.05) is 0 Å². The molecule has 10 heteroatoms.